The Kier molecular flexibility index (Phi) is 4.23. The molecule has 1 aliphatic rings. The molecule has 0 saturated carbocycles. The summed E-state index contributed by atoms with van der Waals surface area (Å²) in [4.78, 5) is 41.0. The van der Waals surface area contributed by atoms with Crippen LogP contribution in [0.5, 0.6) is 0 Å². The van der Waals surface area contributed by atoms with Crippen LogP contribution in [0, 0.1) is 0 Å². The average Bonchev–Trinajstić information content (AvgIpc) is 2.91. The number of carbonyl (C=O) groups is 1. The third kappa shape index (κ3) is 3.42. The molecule has 1 aromatic rings. The van der Waals surface area contributed by atoms with E-state index in [1.807, 2.05) is 0 Å². The Morgan fingerprint density at radius 1 is 1.55 bits per heavy atom. The van der Waals surface area contributed by atoms with E-state index in [2.05, 4.69) is 9.51 Å². The van der Waals surface area contributed by atoms with Crippen LogP contribution >= 0.6 is 8.17 Å². The van der Waals surface area contributed by atoms with E-state index >= 15 is 0 Å². The topological polar surface area (TPSA) is 166 Å². The second-order valence-corrected chi connectivity index (χ2v) is 5.63. The number of anilines is 1. The van der Waals surface area contributed by atoms with Crippen molar-refractivity contribution in [3.63, 3.8) is 0 Å². The number of amides is 1. The molecule has 1 aliphatic heterocycles. The molecule has 11 heteroatoms. The molecule has 0 radical (unpaired) electrons. The Labute approximate surface area is 114 Å². The molecule has 1 aromatic heterocycles. The van der Waals surface area contributed by atoms with Gasteiger partial charge in [-0.1, -0.05) is 0 Å². The van der Waals surface area contributed by atoms with Gasteiger partial charge in [0, 0.05) is 0 Å². The summed E-state index contributed by atoms with van der Waals surface area (Å²) < 4.78 is 11.5. The highest BCUT2D eigenvalue weighted by Gasteiger charge is 2.37. The zero-order valence-corrected chi connectivity index (χ0v) is 11.3. The summed E-state index contributed by atoms with van der Waals surface area (Å²) in [6.07, 6.45) is 1.61. The number of nitrogen functional groups attached to an aromatic ring is 1. The van der Waals surface area contributed by atoms with Gasteiger partial charge in [0.15, 0.2) is 5.69 Å². The summed E-state index contributed by atoms with van der Waals surface area (Å²) in [5, 5.41) is 0. The van der Waals surface area contributed by atoms with E-state index in [1.54, 1.807) is 0 Å². The summed E-state index contributed by atoms with van der Waals surface area (Å²) in [6.45, 7) is -0.162. The van der Waals surface area contributed by atoms with Crippen LogP contribution in [0.4, 0.5) is 5.82 Å². The number of hydrogen-bond donors (Lipinski definition) is 5. The minimum Gasteiger partial charge on any atom is -0.383 e. The van der Waals surface area contributed by atoms with E-state index in [0.29, 0.717) is 12.8 Å². The smallest absolute Gasteiger partial charge is 0.383 e. The fourth-order valence-corrected chi connectivity index (χ4v) is 2.35. The van der Waals surface area contributed by atoms with Crippen molar-refractivity contribution in [3.05, 3.63) is 12.0 Å². The van der Waals surface area contributed by atoms with E-state index in [-0.39, 0.29) is 18.1 Å². The molecule has 0 unspecified atom stereocenters. The molecule has 0 bridgehead atoms. The first-order valence-corrected chi connectivity index (χ1v) is 7.34. The number of aromatic nitrogens is 2. The molecular formula is C9H16N4O6P+. The van der Waals surface area contributed by atoms with Crippen LogP contribution in [-0.4, -0.2) is 42.8 Å². The highest BCUT2D eigenvalue weighted by molar-refractivity contribution is 7.53. The van der Waals surface area contributed by atoms with Crippen LogP contribution in [0.3, 0.4) is 0 Å². The van der Waals surface area contributed by atoms with E-state index < -0.39 is 26.4 Å². The van der Waals surface area contributed by atoms with E-state index in [0.717, 1.165) is 0 Å². The van der Waals surface area contributed by atoms with Crippen LogP contribution in [0.25, 0.3) is 0 Å². The van der Waals surface area contributed by atoms with Crippen LogP contribution < -0.4 is 11.5 Å². The lowest BCUT2D eigenvalue weighted by Crippen LogP contribution is -2.18. The molecular weight excluding hydrogens is 291 g/mol. The molecule has 2 atom stereocenters. The van der Waals surface area contributed by atoms with Crippen molar-refractivity contribution in [1.82, 2.24) is 9.55 Å². The van der Waals surface area contributed by atoms with Crippen molar-refractivity contribution in [2.75, 3.05) is 12.3 Å². The zero-order valence-electron chi connectivity index (χ0n) is 10.4. The number of ether oxygens (including phenoxy) is 1. The SMILES string of the molecule is NC(=O)c1ncn([C@H]2CC[C@@H](CO[P+](O)(O)O)O2)c1N. The van der Waals surface area contributed by atoms with Gasteiger partial charge in [-0.2, -0.15) is 19.2 Å². The van der Waals surface area contributed by atoms with Gasteiger partial charge in [-0.05, 0) is 12.8 Å². The Bertz CT molecular complexity index is 501. The van der Waals surface area contributed by atoms with E-state index in [4.69, 9.17) is 30.9 Å². The van der Waals surface area contributed by atoms with Gasteiger partial charge in [-0.25, -0.2) is 4.98 Å². The van der Waals surface area contributed by atoms with Gasteiger partial charge < -0.3 is 16.2 Å². The maximum absolute atomic E-state index is 11.1. The number of carbonyl (C=O) groups excluding carboxylic acids is 1. The number of nitrogens with two attached hydrogens (primary N) is 2. The summed E-state index contributed by atoms with van der Waals surface area (Å²) >= 11 is 0. The average molecular weight is 307 g/mol. The highest BCUT2D eigenvalue weighted by Crippen LogP contribution is 2.46. The van der Waals surface area contributed by atoms with Gasteiger partial charge in [-0.15, -0.1) is 0 Å². The Morgan fingerprint density at radius 2 is 2.25 bits per heavy atom. The van der Waals surface area contributed by atoms with Gasteiger partial charge >= 0.3 is 8.17 Å². The fraction of sp³-hybridized carbons (Fsp3) is 0.556. The van der Waals surface area contributed by atoms with Gasteiger partial charge in [0.05, 0.1) is 12.4 Å². The summed E-state index contributed by atoms with van der Waals surface area (Å²) in [7, 11) is -4.26. The monoisotopic (exact) mass is 307 g/mol. The number of nitrogens with zero attached hydrogens (tertiary/aromatic N) is 2. The molecule has 20 heavy (non-hydrogen) atoms. The summed E-state index contributed by atoms with van der Waals surface area (Å²) in [5.74, 6) is -0.619. The first-order valence-electron chi connectivity index (χ1n) is 5.77. The Balaban J connectivity index is 1.98. The predicted octanol–water partition coefficient (Wildman–Crippen LogP) is -1.09. The van der Waals surface area contributed by atoms with Crippen molar-refractivity contribution < 1.29 is 28.7 Å². The van der Waals surface area contributed by atoms with Gasteiger partial charge in [0.1, 0.15) is 18.7 Å². The van der Waals surface area contributed by atoms with Gasteiger partial charge in [-0.3, -0.25) is 9.36 Å². The minimum atomic E-state index is -4.26. The van der Waals surface area contributed by atoms with E-state index in [9.17, 15) is 4.79 Å². The van der Waals surface area contributed by atoms with Crippen molar-refractivity contribution >= 4 is 19.9 Å². The van der Waals surface area contributed by atoms with Crippen LogP contribution in [0.1, 0.15) is 29.6 Å². The molecule has 2 rings (SSSR count). The summed E-state index contributed by atoms with van der Waals surface area (Å²) in [6, 6.07) is 0. The van der Waals surface area contributed by atoms with Crippen molar-refractivity contribution in [3.8, 4) is 0 Å². The lowest BCUT2D eigenvalue weighted by molar-refractivity contribution is -0.0241. The molecule has 1 fully saturated rings. The second-order valence-electron chi connectivity index (χ2n) is 4.35. The van der Waals surface area contributed by atoms with Gasteiger partial charge in [0.2, 0.25) is 0 Å². The molecule has 0 aliphatic carbocycles. The molecule has 0 spiro atoms. The standard InChI is InChI=1S/C9H15N4O6P/c10-8-7(9(11)14)12-4-13(8)6-2-1-5(19-6)3-18-20(15,16)17/h4-6,15-17H,1-3H2,(H3-,10,11,14)/p+1/t5-,6+/m0/s1. The first-order chi connectivity index (χ1) is 9.28. The number of hydrogen-bond acceptors (Lipinski definition) is 8. The first kappa shape index (κ1) is 15.1. The number of imidazole rings is 1. The Morgan fingerprint density at radius 3 is 2.80 bits per heavy atom. The fourth-order valence-electron chi connectivity index (χ4n) is 1.99. The van der Waals surface area contributed by atoms with Crippen molar-refractivity contribution in [1.29, 1.82) is 0 Å². The molecule has 2 heterocycles. The second kappa shape index (κ2) is 5.60. The van der Waals surface area contributed by atoms with Gasteiger partial charge in [0.25, 0.3) is 5.91 Å². The van der Waals surface area contributed by atoms with Crippen LogP contribution in [-0.2, 0) is 9.26 Å². The van der Waals surface area contributed by atoms with Crippen LogP contribution in [0.15, 0.2) is 6.33 Å². The summed E-state index contributed by atoms with van der Waals surface area (Å²) in [5.41, 5.74) is 10.8. The maximum atomic E-state index is 11.1. The Hall–Kier alpha value is -1.29. The van der Waals surface area contributed by atoms with Crippen molar-refractivity contribution in [2.45, 2.75) is 25.2 Å². The molecule has 10 nitrogen and oxygen atoms in total. The molecule has 1 saturated heterocycles. The molecule has 1 amide bonds. The molecule has 0 aromatic carbocycles. The highest BCUT2D eigenvalue weighted by atomic mass is 31.2. The minimum absolute atomic E-state index is 0.0284. The van der Waals surface area contributed by atoms with Crippen LogP contribution in [0.2, 0.25) is 0 Å². The maximum Gasteiger partial charge on any atom is 0.567 e. The molecule has 112 valence electrons. The number of rotatable bonds is 5. The van der Waals surface area contributed by atoms with Crippen molar-refractivity contribution in [2.24, 2.45) is 5.73 Å². The lowest BCUT2D eigenvalue weighted by atomic mass is 10.2. The normalized spacial score (nSPS) is 23.1. The molecule has 7 N–H and O–H groups in total. The quantitative estimate of drug-likeness (QED) is 0.428. The van der Waals surface area contributed by atoms with E-state index in [1.165, 1.54) is 10.9 Å². The third-order valence-corrected chi connectivity index (χ3v) is 3.39. The lowest BCUT2D eigenvalue weighted by Gasteiger charge is -2.15. The third-order valence-electron chi connectivity index (χ3n) is 2.89. The zero-order chi connectivity index (χ0) is 14.9. The number of primary amides is 1. The predicted molar refractivity (Wildman–Crippen MR) is 67.8 cm³/mol. The largest absolute Gasteiger partial charge is 0.567 e.